The molecule has 9 heteroatoms. The predicted octanol–water partition coefficient (Wildman–Crippen LogP) is 3.20. The van der Waals surface area contributed by atoms with E-state index in [2.05, 4.69) is 26.6 Å². The average molecular weight is 390 g/mol. The summed E-state index contributed by atoms with van der Waals surface area (Å²) in [7, 11) is 1.86. The molecule has 1 aromatic carbocycles. The summed E-state index contributed by atoms with van der Waals surface area (Å²) in [5, 5.41) is 14.1. The number of rotatable bonds is 7. The number of aromatic nitrogens is 4. The number of anilines is 1. The normalized spacial score (nSPS) is 10.7. The Bertz CT molecular complexity index is 872. The first kappa shape index (κ1) is 18.4. The lowest BCUT2D eigenvalue weighted by molar-refractivity contribution is -0.113. The van der Waals surface area contributed by atoms with Crippen LogP contribution in [0, 0.1) is 13.8 Å². The van der Waals surface area contributed by atoms with E-state index in [9.17, 15) is 4.79 Å². The average Bonchev–Trinajstić information content (AvgIpc) is 3.20. The second-order valence-corrected chi connectivity index (χ2v) is 7.58. The first-order valence-corrected chi connectivity index (χ1v) is 9.79. The highest BCUT2D eigenvalue weighted by Gasteiger charge is 2.13. The number of aryl methyl sites for hydroxylation is 2. The number of carbonyl (C=O) groups excluding carboxylic acids is 1. The number of hydrogen-bond donors (Lipinski definition) is 1. The number of carbonyl (C=O) groups is 1. The molecule has 0 aliphatic carbocycles. The van der Waals surface area contributed by atoms with Crippen LogP contribution >= 0.6 is 23.1 Å². The van der Waals surface area contributed by atoms with Crippen LogP contribution in [0.2, 0.25) is 0 Å². The van der Waals surface area contributed by atoms with E-state index in [1.54, 1.807) is 6.20 Å². The highest BCUT2D eigenvalue weighted by atomic mass is 32.2. The molecule has 3 rings (SSSR count). The fraction of sp³-hybridized carbons (Fsp3) is 0.294. The lowest BCUT2D eigenvalue weighted by Gasteiger charge is -2.08. The van der Waals surface area contributed by atoms with Crippen molar-refractivity contribution in [2.45, 2.75) is 25.6 Å². The number of thioether (sulfide) groups is 1. The summed E-state index contributed by atoms with van der Waals surface area (Å²) in [6.45, 7) is 4.39. The maximum Gasteiger partial charge on any atom is 0.236 e. The highest BCUT2D eigenvalue weighted by Crippen LogP contribution is 2.20. The van der Waals surface area contributed by atoms with E-state index in [0.29, 0.717) is 22.7 Å². The zero-order valence-electron chi connectivity index (χ0n) is 14.7. The maximum atomic E-state index is 11.9. The molecule has 1 N–H and O–H groups in total. The molecule has 0 atom stereocenters. The van der Waals surface area contributed by atoms with Crippen molar-refractivity contribution in [3.8, 4) is 5.75 Å². The zero-order chi connectivity index (χ0) is 18.5. The Balaban J connectivity index is 1.54. The Hall–Kier alpha value is -2.39. The van der Waals surface area contributed by atoms with E-state index in [1.807, 2.05) is 43.0 Å². The second-order valence-electron chi connectivity index (χ2n) is 5.74. The zero-order valence-corrected chi connectivity index (χ0v) is 16.4. The van der Waals surface area contributed by atoms with Gasteiger partial charge in [-0.1, -0.05) is 17.8 Å². The Morgan fingerprint density at radius 1 is 1.27 bits per heavy atom. The number of benzene rings is 1. The van der Waals surface area contributed by atoms with Crippen molar-refractivity contribution in [2.75, 3.05) is 11.1 Å². The molecule has 0 saturated carbocycles. The fourth-order valence-electron chi connectivity index (χ4n) is 2.33. The molecule has 0 bridgehead atoms. The van der Waals surface area contributed by atoms with Crippen molar-refractivity contribution < 1.29 is 9.53 Å². The highest BCUT2D eigenvalue weighted by molar-refractivity contribution is 7.99. The van der Waals surface area contributed by atoms with E-state index in [4.69, 9.17) is 4.74 Å². The molecule has 26 heavy (non-hydrogen) atoms. The minimum Gasteiger partial charge on any atom is -0.486 e. The summed E-state index contributed by atoms with van der Waals surface area (Å²) in [4.78, 5) is 16.0. The van der Waals surface area contributed by atoms with Crippen molar-refractivity contribution in [1.29, 1.82) is 0 Å². The van der Waals surface area contributed by atoms with Crippen molar-refractivity contribution in [1.82, 2.24) is 19.7 Å². The van der Waals surface area contributed by atoms with Gasteiger partial charge in [0, 0.05) is 18.6 Å². The molecule has 0 unspecified atom stereocenters. The SMILES string of the molecule is Cc1cc(C)cc(OCc2nnc(SCC(=O)Nc3nccs3)n2C)c1. The van der Waals surface area contributed by atoms with Crippen molar-refractivity contribution >= 4 is 34.1 Å². The third-order valence-electron chi connectivity index (χ3n) is 3.50. The van der Waals surface area contributed by atoms with Crippen LogP contribution in [-0.2, 0) is 18.4 Å². The van der Waals surface area contributed by atoms with Gasteiger partial charge in [0.15, 0.2) is 16.1 Å². The van der Waals surface area contributed by atoms with Gasteiger partial charge in [0.2, 0.25) is 5.91 Å². The van der Waals surface area contributed by atoms with Crippen molar-refractivity contribution in [3.63, 3.8) is 0 Å². The largest absolute Gasteiger partial charge is 0.486 e. The summed E-state index contributed by atoms with van der Waals surface area (Å²) in [5.41, 5.74) is 2.31. The van der Waals surface area contributed by atoms with Gasteiger partial charge in [0.1, 0.15) is 12.4 Å². The topological polar surface area (TPSA) is 81.9 Å². The van der Waals surface area contributed by atoms with E-state index >= 15 is 0 Å². The number of hydrogen-bond acceptors (Lipinski definition) is 7. The Labute approximate surface area is 159 Å². The van der Waals surface area contributed by atoms with Gasteiger partial charge in [0.05, 0.1) is 5.75 Å². The summed E-state index contributed by atoms with van der Waals surface area (Å²) < 4.78 is 7.66. The number of nitrogens with one attached hydrogen (secondary N) is 1. The molecule has 2 heterocycles. The summed E-state index contributed by atoms with van der Waals surface area (Å²) >= 11 is 2.71. The minimum absolute atomic E-state index is 0.124. The van der Waals surface area contributed by atoms with Crippen LogP contribution in [-0.4, -0.2) is 31.4 Å². The maximum absolute atomic E-state index is 11.9. The third kappa shape index (κ3) is 4.83. The van der Waals surface area contributed by atoms with Crippen molar-refractivity contribution in [3.05, 3.63) is 46.7 Å². The Morgan fingerprint density at radius 2 is 2.04 bits per heavy atom. The van der Waals surface area contributed by atoms with Crippen LogP contribution < -0.4 is 10.1 Å². The lowest BCUT2D eigenvalue weighted by atomic mass is 10.1. The van der Waals surface area contributed by atoms with Gasteiger partial charge in [-0.25, -0.2) is 4.98 Å². The molecule has 0 aliphatic heterocycles. The van der Waals surface area contributed by atoms with Crippen LogP contribution in [0.1, 0.15) is 17.0 Å². The van der Waals surface area contributed by atoms with Crippen LogP contribution in [0.25, 0.3) is 0 Å². The van der Waals surface area contributed by atoms with E-state index in [-0.39, 0.29) is 11.7 Å². The first-order chi connectivity index (χ1) is 12.5. The van der Waals surface area contributed by atoms with Gasteiger partial charge in [-0.05, 0) is 37.1 Å². The molecular weight excluding hydrogens is 370 g/mol. The Morgan fingerprint density at radius 3 is 2.73 bits per heavy atom. The summed E-state index contributed by atoms with van der Waals surface area (Å²) in [6, 6.07) is 6.07. The van der Waals surface area contributed by atoms with Gasteiger partial charge in [-0.2, -0.15) is 0 Å². The van der Waals surface area contributed by atoms with Crippen LogP contribution in [0.5, 0.6) is 5.75 Å². The summed E-state index contributed by atoms with van der Waals surface area (Å²) in [6.07, 6.45) is 1.65. The number of thiazole rings is 1. The molecule has 0 spiro atoms. The van der Waals surface area contributed by atoms with E-state index < -0.39 is 0 Å². The molecule has 136 valence electrons. The number of ether oxygens (including phenoxy) is 1. The lowest BCUT2D eigenvalue weighted by Crippen LogP contribution is -2.14. The molecule has 7 nitrogen and oxygen atoms in total. The standard InChI is InChI=1S/C17H19N5O2S2/c1-11-6-12(2)8-13(7-11)24-9-14-20-21-17(22(14)3)26-10-15(23)19-16-18-4-5-25-16/h4-8H,9-10H2,1-3H3,(H,18,19,23). The molecule has 1 amide bonds. The Kier molecular flexibility index (Phi) is 5.89. The molecule has 0 saturated heterocycles. The minimum atomic E-state index is -0.124. The molecule has 3 aromatic rings. The van der Waals surface area contributed by atoms with Crippen molar-refractivity contribution in [2.24, 2.45) is 7.05 Å². The van der Waals surface area contributed by atoms with E-state index in [1.165, 1.54) is 23.1 Å². The third-order valence-corrected chi connectivity index (χ3v) is 5.21. The van der Waals surface area contributed by atoms with Gasteiger partial charge in [0.25, 0.3) is 0 Å². The monoisotopic (exact) mass is 389 g/mol. The number of nitrogens with zero attached hydrogens (tertiary/aromatic N) is 4. The molecule has 2 aromatic heterocycles. The van der Waals surface area contributed by atoms with Gasteiger partial charge in [-0.3, -0.25) is 4.79 Å². The van der Waals surface area contributed by atoms with Gasteiger partial charge < -0.3 is 14.6 Å². The van der Waals surface area contributed by atoms with E-state index in [0.717, 1.165) is 16.9 Å². The first-order valence-electron chi connectivity index (χ1n) is 7.93. The fourth-order valence-corrected chi connectivity index (χ4v) is 3.61. The van der Waals surface area contributed by atoms with Crippen LogP contribution in [0.4, 0.5) is 5.13 Å². The smallest absolute Gasteiger partial charge is 0.236 e. The molecule has 0 radical (unpaired) electrons. The van der Waals surface area contributed by atoms with Crippen LogP contribution in [0.15, 0.2) is 34.9 Å². The molecular formula is C17H19N5O2S2. The number of amides is 1. The summed E-state index contributed by atoms with van der Waals surface area (Å²) in [5.74, 6) is 1.62. The van der Waals surface area contributed by atoms with Gasteiger partial charge >= 0.3 is 0 Å². The second kappa shape index (κ2) is 8.33. The molecule has 0 fully saturated rings. The quantitative estimate of drug-likeness (QED) is 0.625. The van der Waals surface area contributed by atoms with Crippen LogP contribution in [0.3, 0.4) is 0 Å². The molecule has 0 aliphatic rings. The predicted molar refractivity (Wildman–Crippen MR) is 103 cm³/mol. The van der Waals surface area contributed by atoms with Gasteiger partial charge in [-0.15, -0.1) is 21.5 Å².